The van der Waals surface area contributed by atoms with Gasteiger partial charge in [0.15, 0.2) is 18.9 Å². The molecule has 3 amide bonds. The summed E-state index contributed by atoms with van der Waals surface area (Å²) in [6, 6.07) is 26.9. The van der Waals surface area contributed by atoms with Crippen LogP contribution in [-0.4, -0.2) is 249 Å². The van der Waals surface area contributed by atoms with Crippen molar-refractivity contribution in [1.29, 1.82) is 0 Å². The molecular weight excluding hydrogens is 1390 g/mol. The number of hydroxylamine groups is 2. The number of rotatable bonds is 30. The summed E-state index contributed by atoms with van der Waals surface area (Å²) in [6.45, 7) is 8.30. The molecule has 0 radical (unpaired) electrons. The van der Waals surface area contributed by atoms with E-state index < -0.39 is 123 Å². The number of imide groups is 1. The summed E-state index contributed by atoms with van der Waals surface area (Å²) in [7, 11) is -7.24. The molecule has 37 heteroatoms. The van der Waals surface area contributed by atoms with Crippen LogP contribution in [0.3, 0.4) is 0 Å². The van der Waals surface area contributed by atoms with Crippen LogP contribution in [0.2, 0.25) is 0 Å². The van der Waals surface area contributed by atoms with E-state index in [0.29, 0.717) is 29.4 Å². The Kier molecular flexibility index (Phi) is 29.6. The predicted molar refractivity (Wildman–Crippen MR) is 355 cm³/mol. The Bertz CT molecular complexity index is 3550. The molecule has 1 aromatic heterocycles. The molecule has 4 aliphatic heterocycles. The predicted octanol–water partition coefficient (Wildman–Crippen LogP) is 4.22. The van der Waals surface area contributed by atoms with Crippen molar-refractivity contribution in [2.75, 3.05) is 103 Å². The van der Waals surface area contributed by atoms with E-state index in [1.165, 1.54) is 14.0 Å². The van der Waals surface area contributed by atoms with Crippen LogP contribution in [0.25, 0.3) is 27.8 Å². The van der Waals surface area contributed by atoms with Gasteiger partial charge in [-0.2, -0.15) is 10.2 Å². The van der Waals surface area contributed by atoms with E-state index in [2.05, 4.69) is 74.5 Å². The zero-order valence-corrected chi connectivity index (χ0v) is 57.9. The minimum atomic E-state index is -10.7. The Labute approximate surface area is 583 Å². The van der Waals surface area contributed by atoms with Crippen LogP contribution in [0.1, 0.15) is 53.4 Å². The molecular formula is C65H91F6N10O20P. The molecule has 30 nitrogen and oxygen atoms in total. The van der Waals surface area contributed by atoms with Crippen LogP contribution < -0.4 is 30.7 Å². The standard InChI is InChI=1S/C37H38N7O4.C28H53N3O16.F6P/c1-4-42(5-2)30-18-20-32-34(25-30)43(29-10-7-6-8-11-29)33-24-27(15-19-31(33)38-32)40-39-26-13-16-28(17-14-26)41(3)23-9-12-37(47)48-44-35(45)21-22-36(44)46;1-13-15(10-40-7-4-32)44-27(18(29)21(13)36)46-25-17(12-42-9-6-34)45-28(20(23(25)38)31-14(2)35)47-24-16(11-41-8-5-33)43-26(39)19(30-3)22(24)37;1-7(2,3,4,5)6/h6-8,10-11,13-20,24-25H,4-5,9,12,21-23H2,1-3H3;13,15-28,30,32-34,36-39H,4-12,29H2,1-3H3,(H,31,35);/q+1;;-1/t;13-,15?,16?,17?,18?,19?,20?,21+,22-,23-,24-,25-,26-,27+,28+;/m.1./s1. The SMILES string of the molecule is CCN(CC)c1ccc2nc3ccc(N=Nc4ccc(N(C)CCCC(=O)ON5C(=O)CCC5=O)cc4)cc3[n+](-c3ccccc3)c2c1.CNC1[C@H](O)OC(COCCO)[C@@H](O[C@@H]2OC(COCCO)[C@@H](O[C@@H]3OC(COCCO)[C@@H](C)[C@H](O)C3N)[C@H](O)C2NC(C)=O)[C@@H]1O.F[P-](F)(F)(F)(F)F. The topological polar surface area (TPSA) is 394 Å². The number of para-hydroxylation sites is 1. The van der Waals surface area contributed by atoms with Gasteiger partial charge in [0.2, 0.25) is 22.6 Å². The molecule has 4 aromatic carbocycles. The van der Waals surface area contributed by atoms with Crippen LogP contribution >= 0.6 is 7.81 Å². The quantitative estimate of drug-likeness (QED) is 0.00585. The summed E-state index contributed by atoms with van der Waals surface area (Å²) in [4.78, 5) is 62.0. The number of likely N-dealkylation sites (N-methyl/N-ethyl adjacent to an activating group) is 1. The summed E-state index contributed by atoms with van der Waals surface area (Å²) in [6.07, 6.45) is -13.0. The van der Waals surface area contributed by atoms with Gasteiger partial charge in [-0.15, -0.1) is 9.63 Å². The van der Waals surface area contributed by atoms with Crippen molar-refractivity contribution in [1.82, 2.24) is 20.7 Å². The summed E-state index contributed by atoms with van der Waals surface area (Å²) >= 11 is 0. The average Bonchev–Trinajstić information content (AvgIpc) is 0.783. The molecule has 11 N–H and O–H groups in total. The van der Waals surface area contributed by atoms with Crippen molar-refractivity contribution in [2.24, 2.45) is 21.9 Å². The van der Waals surface area contributed by atoms with Crippen LogP contribution in [0.15, 0.2) is 101 Å². The third-order valence-corrected chi connectivity index (χ3v) is 16.8. The number of anilines is 2. The molecule has 4 aliphatic rings. The van der Waals surface area contributed by atoms with Gasteiger partial charge < -0.3 is 105 Å². The Hall–Kier alpha value is -6.91. The van der Waals surface area contributed by atoms with Crippen LogP contribution in [0.5, 0.6) is 0 Å². The molecule has 0 spiro atoms. The number of hydrogen-bond donors (Lipinski definition) is 10. The number of aliphatic hydroxyl groups excluding tert-OH is 7. The number of azo groups is 1. The molecule has 0 bridgehead atoms. The molecule has 5 heterocycles. The van der Waals surface area contributed by atoms with Crippen molar-refractivity contribution in [3.8, 4) is 5.69 Å². The maximum absolute atomic E-state index is 12.3. The van der Waals surface area contributed by atoms with Gasteiger partial charge in [-0.3, -0.25) is 14.4 Å². The van der Waals surface area contributed by atoms with Crippen molar-refractivity contribution < 1.29 is 127 Å². The van der Waals surface area contributed by atoms with Gasteiger partial charge in [0.1, 0.15) is 53.7 Å². The first-order valence-electron chi connectivity index (χ1n) is 33.0. The fraction of sp³-hybridized carbons (Fsp3) is 0.569. The fourth-order valence-electron chi connectivity index (χ4n) is 11.6. The Morgan fingerprint density at radius 1 is 0.696 bits per heavy atom. The number of hydrogen-bond acceptors (Lipinski definition) is 27. The molecule has 5 aromatic rings. The minimum absolute atomic E-state index is 0.0137. The van der Waals surface area contributed by atoms with Gasteiger partial charge in [0.25, 0.3) is 11.8 Å². The van der Waals surface area contributed by atoms with E-state index in [0.717, 1.165) is 52.2 Å². The monoisotopic (exact) mass is 1480 g/mol. The second-order valence-electron chi connectivity index (χ2n) is 24.2. The van der Waals surface area contributed by atoms with Crippen molar-refractivity contribution in [3.05, 3.63) is 91.0 Å². The average molecular weight is 1480 g/mol. The summed E-state index contributed by atoms with van der Waals surface area (Å²) in [5.41, 5.74) is 14.6. The first kappa shape index (κ1) is 82.4. The number of carbonyl (C=O) groups is 4. The number of amides is 3. The second kappa shape index (κ2) is 36.7. The summed E-state index contributed by atoms with van der Waals surface area (Å²) in [5.74, 6) is -2.59. The van der Waals surface area contributed by atoms with E-state index in [1.807, 2.05) is 72.6 Å². The number of aliphatic hydroxyl groups is 7. The van der Waals surface area contributed by atoms with Crippen molar-refractivity contribution in [2.45, 2.75) is 139 Å². The molecule has 4 fully saturated rings. The van der Waals surface area contributed by atoms with Gasteiger partial charge in [0.05, 0.1) is 95.1 Å². The zero-order chi connectivity index (χ0) is 74.7. The number of halogens is 6. The molecule has 15 atom stereocenters. The van der Waals surface area contributed by atoms with E-state index >= 15 is 0 Å². The summed E-state index contributed by atoms with van der Waals surface area (Å²) < 4.78 is 108. The molecule has 4 saturated heterocycles. The Morgan fingerprint density at radius 2 is 1.20 bits per heavy atom. The van der Waals surface area contributed by atoms with E-state index in [-0.39, 0.29) is 78.7 Å². The summed E-state index contributed by atoms with van der Waals surface area (Å²) in [5, 5.41) is 86.7. The zero-order valence-electron chi connectivity index (χ0n) is 57.0. The molecule has 9 rings (SSSR count). The third kappa shape index (κ3) is 23.8. The third-order valence-electron chi connectivity index (χ3n) is 16.8. The number of benzene rings is 4. The first-order chi connectivity index (χ1) is 48.3. The molecule has 102 heavy (non-hydrogen) atoms. The second-order valence-corrected chi connectivity index (χ2v) is 26.2. The van der Waals surface area contributed by atoms with Crippen molar-refractivity contribution >= 4 is 76.3 Å². The normalized spacial score (nSPS) is 26.7. The van der Waals surface area contributed by atoms with E-state index in [4.69, 9.17) is 63.7 Å². The Morgan fingerprint density at radius 3 is 1.75 bits per heavy atom. The molecule has 0 aliphatic carbocycles. The van der Waals surface area contributed by atoms with Gasteiger partial charge in [-0.1, -0.05) is 25.1 Å². The number of fused-ring (bicyclic) bond motifs is 2. The van der Waals surface area contributed by atoms with Gasteiger partial charge in [-0.05, 0) is 75.8 Å². The Balaban J connectivity index is 0.000000261. The number of nitrogens with two attached hydrogens (primary N) is 1. The van der Waals surface area contributed by atoms with Gasteiger partial charge >= 0.3 is 39.0 Å². The van der Waals surface area contributed by atoms with E-state index in [1.54, 1.807) is 6.92 Å². The number of nitrogens with zero attached hydrogens (tertiary/aromatic N) is 7. The maximum atomic E-state index is 12.3. The number of ether oxygens (including phenoxy) is 8. The van der Waals surface area contributed by atoms with Gasteiger partial charge in [0, 0.05) is 94.4 Å². The molecule has 0 saturated carbocycles. The first-order valence-corrected chi connectivity index (χ1v) is 35.0. The van der Waals surface area contributed by atoms with E-state index in [9.17, 15) is 69.9 Å². The number of nitrogens with one attached hydrogen (secondary N) is 2. The van der Waals surface area contributed by atoms with Gasteiger partial charge in [-0.25, -0.2) is 9.78 Å². The van der Waals surface area contributed by atoms with Crippen LogP contribution in [0.4, 0.5) is 47.9 Å². The van der Waals surface area contributed by atoms with Crippen LogP contribution in [-0.2, 0) is 61.9 Å². The van der Waals surface area contributed by atoms with Crippen LogP contribution in [0, 0.1) is 5.92 Å². The fourth-order valence-corrected chi connectivity index (χ4v) is 11.6. The number of carbonyl (C=O) groups excluding carboxylic acids is 4. The number of aromatic nitrogens is 2. The molecule has 568 valence electrons. The molecule has 6 unspecified atom stereocenters. The van der Waals surface area contributed by atoms with Crippen molar-refractivity contribution in [3.63, 3.8) is 0 Å².